The van der Waals surface area contributed by atoms with E-state index < -0.39 is 0 Å². The summed E-state index contributed by atoms with van der Waals surface area (Å²) in [7, 11) is 0. The van der Waals surface area contributed by atoms with Crippen molar-refractivity contribution in [3.8, 4) is 51.2 Å². The lowest BCUT2D eigenvalue weighted by Crippen LogP contribution is -2.02. The number of benzene rings is 7. The Morgan fingerprint density at radius 2 is 0.529 bits per heavy atom. The molecule has 10 aromatic rings. The molecule has 0 atom stereocenters. The van der Waals surface area contributed by atoms with Gasteiger partial charge in [-0.2, -0.15) is 0 Å². The third-order valence-electron chi connectivity index (χ3n) is 9.43. The van der Waals surface area contributed by atoms with Gasteiger partial charge in [0, 0.05) is 33.8 Å². The summed E-state index contributed by atoms with van der Waals surface area (Å²) >= 11 is 0. The van der Waals surface area contributed by atoms with E-state index in [1.165, 1.54) is 0 Å². The molecule has 0 spiro atoms. The molecule has 0 amide bonds. The lowest BCUT2D eigenvalue weighted by molar-refractivity contribution is 1.09. The minimum Gasteiger partial charge on any atom is -0.292 e. The zero-order valence-corrected chi connectivity index (χ0v) is 27.5. The molecule has 6 nitrogen and oxygen atoms in total. The van der Waals surface area contributed by atoms with E-state index in [4.69, 9.17) is 15.0 Å². The summed E-state index contributed by atoms with van der Waals surface area (Å²) < 4.78 is 6.75. The maximum Gasteiger partial charge on any atom is 0.145 e. The minimum absolute atomic E-state index is 0.843. The number of hydrogen-bond donors (Lipinski definition) is 0. The fourth-order valence-corrected chi connectivity index (χ4v) is 7.19. The standard InChI is InChI=1S/C45H30N6/c1-4-16-34(17-5-1)49-40-25-13-10-22-37(40)46-43(49)31-28-32(44-47-38-23-11-14-26-41(38)50(44)35-18-6-2-7-19-35)30-33(29-31)45-48-39-24-12-15-27-42(39)51(45)36-20-8-3-9-21-36/h1-30H. The van der Waals surface area contributed by atoms with Crippen LogP contribution in [0.2, 0.25) is 0 Å². The quantitative estimate of drug-likeness (QED) is 0.179. The van der Waals surface area contributed by atoms with Gasteiger partial charge in [-0.05, 0) is 91.0 Å². The van der Waals surface area contributed by atoms with E-state index in [9.17, 15) is 0 Å². The number of imidazole rings is 3. The minimum atomic E-state index is 0.843. The molecule has 0 saturated heterocycles. The molecule has 7 aromatic carbocycles. The molecule has 0 aliphatic rings. The van der Waals surface area contributed by atoms with Gasteiger partial charge in [-0.1, -0.05) is 91.0 Å². The van der Waals surface area contributed by atoms with Crippen LogP contribution >= 0.6 is 0 Å². The van der Waals surface area contributed by atoms with Crippen LogP contribution in [0.25, 0.3) is 84.3 Å². The molecule has 0 radical (unpaired) electrons. The number of rotatable bonds is 6. The van der Waals surface area contributed by atoms with Gasteiger partial charge in [-0.3, -0.25) is 13.7 Å². The number of nitrogens with zero attached hydrogens (tertiary/aromatic N) is 6. The van der Waals surface area contributed by atoms with Gasteiger partial charge < -0.3 is 0 Å². The van der Waals surface area contributed by atoms with E-state index >= 15 is 0 Å². The average Bonchev–Trinajstić information content (AvgIpc) is 3.91. The molecular formula is C45H30N6. The van der Waals surface area contributed by atoms with E-state index in [1.54, 1.807) is 0 Å². The smallest absolute Gasteiger partial charge is 0.145 e. The largest absolute Gasteiger partial charge is 0.292 e. The van der Waals surface area contributed by atoms with Gasteiger partial charge in [0.15, 0.2) is 0 Å². The van der Waals surface area contributed by atoms with Crippen molar-refractivity contribution in [1.82, 2.24) is 28.7 Å². The Labute approximate surface area is 294 Å². The number of aromatic nitrogens is 6. The molecule has 0 saturated carbocycles. The summed E-state index contributed by atoms with van der Waals surface area (Å²) in [6.45, 7) is 0. The lowest BCUT2D eigenvalue weighted by atomic mass is 10.0. The van der Waals surface area contributed by atoms with Crippen molar-refractivity contribution in [2.75, 3.05) is 0 Å². The predicted octanol–water partition coefficient (Wildman–Crippen LogP) is 10.7. The summed E-state index contributed by atoms with van der Waals surface area (Å²) in [6.07, 6.45) is 0. The Kier molecular flexibility index (Phi) is 6.70. The fourth-order valence-electron chi connectivity index (χ4n) is 7.19. The van der Waals surface area contributed by atoms with E-state index in [-0.39, 0.29) is 0 Å². The van der Waals surface area contributed by atoms with Crippen molar-refractivity contribution in [2.24, 2.45) is 0 Å². The lowest BCUT2D eigenvalue weighted by Gasteiger charge is -2.15. The van der Waals surface area contributed by atoms with Gasteiger partial charge >= 0.3 is 0 Å². The Hall–Kier alpha value is -7.05. The van der Waals surface area contributed by atoms with Crippen LogP contribution < -0.4 is 0 Å². The Balaban J connectivity index is 1.31. The van der Waals surface area contributed by atoms with Gasteiger partial charge in [-0.15, -0.1) is 0 Å². The molecule has 10 rings (SSSR count). The SMILES string of the molecule is c1ccc(-n2c(-c3cc(-c4nc5ccccc5n4-c4ccccc4)cc(-c4nc5ccccc5n4-c4ccccc4)c3)nc3ccccc32)cc1. The van der Waals surface area contributed by atoms with Crippen LogP contribution in [0.5, 0.6) is 0 Å². The molecule has 0 aliphatic heterocycles. The number of fused-ring (bicyclic) bond motifs is 3. The van der Waals surface area contributed by atoms with Crippen LogP contribution in [-0.4, -0.2) is 28.7 Å². The maximum absolute atomic E-state index is 5.28. The molecule has 0 N–H and O–H groups in total. The molecule has 51 heavy (non-hydrogen) atoms. The van der Waals surface area contributed by atoms with Crippen LogP contribution in [0.4, 0.5) is 0 Å². The van der Waals surface area contributed by atoms with Gasteiger partial charge in [0.25, 0.3) is 0 Å². The average molecular weight is 655 g/mol. The summed E-state index contributed by atoms with van der Waals surface area (Å²) in [5.41, 5.74) is 11.9. The zero-order chi connectivity index (χ0) is 33.7. The van der Waals surface area contributed by atoms with Crippen LogP contribution in [0, 0.1) is 0 Å². The van der Waals surface area contributed by atoms with E-state index in [2.05, 4.69) is 159 Å². The molecular weight excluding hydrogens is 625 g/mol. The topological polar surface area (TPSA) is 53.5 Å². The second-order valence-electron chi connectivity index (χ2n) is 12.6. The van der Waals surface area contributed by atoms with Crippen LogP contribution in [0.1, 0.15) is 0 Å². The first-order valence-corrected chi connectivity index (χ1v) is 17.1. The third-order valence-corrected chi connectivity index (χ3v) is 9.43. The summed E-state index contributed by atoms with van der Waals surface area (Å²) in [5.74, 6) is 2.53. The third kappa shape index (κ3) is 4.84. The molecule has 0 bridgehead atoms. The number of para-hydroxylation sites is 9. The Bertz CT molecular complexity index is 2520. The van der Waals surface area contributed by atoms with Crippen LogP contribution in [0.3, 0.4) is 0 Å². The first-order valence-electron chi connectivity index (χ1n) is 17.1. The van der Waals surface area contributed by atoms with Crippen molar-refractivity contribution in [3.05, 3.63) is 182 Å². The van der Waals surface area contributed by atoms with Crippen molar-refractivity contribution >= 4 is 33.1 Å². The van der Waals surface area contributed by atoms with Crippen LogP contribution in [-0.2, 0) is 0 Å². The molecule has 0 unspecified atom stereocenters. The van der Waals surface area contributed by atoms with Gasteiger partial charge in [0.05, 0.1) is 33.1 Å². The van der Waals surface area contributed by atoms with Gasteiger partial charge in [-0.25, -0.2) is 15.0 Å². The highest BCUT2D eigenvalue weighted by Gasteiger charge is 2.22. The van der Waals surface area contributed by atoms with E-state index in [0.717, 1.165) is 84.3 Å². The van der Waals surface area contributed by atoms with Gasteiger partial charge in [0.1, 0.15) is 17.5 Å². The van der Waals surface area contributed by atoms with Gasteiger partial charge in [0.2, 0.25) is 0 Å². The van der Waals surface area contributed by atoms with Crippen LogP contribution in [0.15, 0.2) is 182 Å². The highest BCUT2D eigenvalue weighted by molar-refractivity contribution is 5.90. The second-order valence-corrected chi connectivity index (χ2v) is 12.6. The highest BCUT2D eigenvalue weighted by atomic mass is 15.1. The maximum atomic E-state index is 5.28. The monoisotopic (exact) mass is 654 g/mol. The first kappa shape index (κ1) is 28.9. The molecule has 3 heterocycles. The zero-order valence-electron chi connectivity index (χ0n) is 27.5. The van der Waals surface area contributed by atoms with E-state index in [1.807, 2.05) is 36.4 Å². The summed E-state index contributed by atoms with van der Waals surface area (Å²) in [5, 5.41) is 0. The van der Waals surface area contributed by atoms with Crippen molar-refractivity contribution in [3.63, 3.8) is 0 Å². The van der Waals surface area contributed by atoms with Crippen molar-refractivity contribution in [2.45, 2.75) is 0 Å². The molecule has 3 aromatic heterocycles. The molecule has 240 valence electrons. The fraction of sp³-hybridized carbons (Fsp3) is 0. The predicted molar refractivity (Wildman–Crippen MR) is 207 cm³/mol. The number of hydrogen-bond acceptors (Lipinski definition) is 3. The van der Waals surface area contributed by atoms with E-state index in [0.29, 0.717) is 0 Å². The first-order chi connectivity index (χ1) is 25.3. The van der Waals surface area contributed by atoms with Crippen molar-refractivity contribution < 1.29 is 0 Å². The Morgan fingerprint density at radius 1 is 0.275 bits per heavy atom. The summed E-state index contributed by atoms with van der Waals surface area (Å²) in [4.78, 5) is 15.9. The molecule has 6 heteroatoms. The molecule has 0 fully saturated rings. The highest BCUT2D eigenvalue weighted by Crippen LogP contribution is 2.38. The Morgan fingerprint density at radius 3 is 0.824 bits per heavy atom. The normalized spacial score (nSPS) is 11.5. The molecule has 0 aliphatic carbocycles. The second kappa shape index (κ2) is 11.8. The van der Waals surface area contributed by atoms with Crippen molar-refractivity contribution in [1.29, 1.82) is 0 Å². The summed E-state index contributed by atoms with van der Waals surface area (Å²) in [6, 6.07) is 63.0.